The number of carbonyl (C=O) groups excluding carboxylic acids is 1. The molecule has 150 valence electrons. The summed E-state index contributed by atoms with van der Waals surface area (Å²) in [6, 6.07) is 16.8. The number of aryl methyl sites for hydroxylation is 1. The molecule has 1 N–H and O–H groups in total. The predicted octanol–water partition coefficient (Wildman–Crippen LogP) is 5.21. The highest BCUT2D eigenvalue weighted by molar-refractivity contribution is 5.81. The molecule has 28 heavy (non-hydrogen) atoms. The molecule has 0 unspecified atom stereocenters. The Bertz CT molecular complexity index is 797. The standard InChI is InChI=1S/C25H33NO2/c1-18(17-25(3,4)21-13-6-5-7-14-21)26-24(27)19(2)28-23-16-10-12-20-11-8-9-15-22(20)23/h5-7,10,12-14,16,18-19H,8-9,11,15,17H2,1-4H3,(H,26,27)/t18-,19-/m0/s1. The number of nitrogens with one attached hydrogen (secondary N) is 1. The molecule has 0 saturated heterocycles. The molecular formula is C25H33NO2. The van der Waals surface area contributed by atoms with Crippen LogP contribution in [0.2, 0.25) is 0 Å². The first-order chi connectivity index (χ1) is 13.4. The number of hydrogen-bond acceptors (Lipinski definition) is 2. The van der Waals surface area contributed by atoms with Gasteiger partial charge in [0, 0.05) is 6.04 Å². The molecule has 2 aromatic rings. The Morgan fingerprint density at radius 2 is 1.75 bits per heavy atom. The van der Waals surface area contributed by atoms with Crippen LogP contribution in [0.15, 0.2) is 48.5 Å². The molecule has 3 nitrogen and oxygen atoms in total. The van der Waals surface area contributed by atoms with Crippen molar-refractivity contribution >= 4 is 5.91 Å². The zero-order valence-corrected chi connectivity index (χ0v) is 17.6. The smallest absolute Gasteiger partial charge is 0.260 e. The minimum Gasteiger partial charge on any atom is -0.481 e. The van der Waals surface area contributed by atoms with E-state index in [0.717, 1.165) is 25.0 Å². The SMILES string of the molecule is C[C@H](Oc1cccc2c1CCCC2)C(=O)N[C@@H](C)CC(C)(C)c1ccccc1. The van der Waals surface area contributed by atoms with Crippen LogP contribution in [0.1, 0.15) is 63.6 Å². The lowest BCUT2D eigenvalue weighted by Crippen LogP contribution is -2.43. The zero-order chi connectivity index (χ0) is 20.1. The van der Waals surface area contributed by atoms with Crippen molar-refractivity contribution in [1.82, 2.24) is 5.32 Å². The van der Waals surface area contributed by atoms with Gasteiger partial charge in [-0.15, -0.1) is 0 Å². The lowest BCUT2D eigenvalue weighted by atomic mass is 9.79. The molecule has 0 bridgehead atoms. The molecule has 0 spiro atoms. The normalized spacial score (nSPS) is 16.0. The van der Waals surface area contributed by atoms with Gasteiger partial charge < -0.3 is 10.1 Å². The maximum Gasteiger partial charge on any atom is 0.260 e. The summed E-state index contributed by atoms with van der Waals surface area (Å²) in [5.41, 5.74) is 3.94. The Morgan fingerprint density at radius 1 is 1.04 bits per heavy atom. The van der Waals surface area contributed by atoms with Crippen LogP contribution in [-0.4, -0.2) is 18.1 Å². The largest absolute Gasteiger partial charge is 0.481 e. The van der Waals surface area contributed by atoms with E-state index in [9.17, 15) is 4.79 Å². The van der Waals surface area contributed by atoms with Crippen molar-refractivity contribution in [2.75, 3.05) is 0 Å². The molecular weight excluding hydrogens is 346 g/mol. The van der Waals surface area contributed by atoms with Gasteiger partial charge in [-0.2, -0.15) is 0 Å². The fourth-order valence-electron chi connectivity index (χ4n) is 4.28. The zero-order valence-electron chi connectivity index (χ0n) is 17.6. The molecule has 3 heteroatoms. The van der Waals surface area contributed by atoms with E-state index in [1.54, 1.807) is 0 Å². The van der Waals surface area contributed by atoms with Crippen molar-refractivity contribution in [2.24, 2.45) is 0 Å². The van der Waals surface area contributed by atoms with Crippen LogP contribution in [-0.2, 0) is 23.1 Å². The topological polar surface area (TPSA) is 38.3 Å². The number of amides is 1. The van der Waals surface area contributed by atoms with Crippen LogP contribution >= 0.6 is 0 Å². The van der Waals surface area contributed by atoms with Crippen molar-refractivity contribution in [3.8, 4) is 5.75 Å². The monoisotopic (exact) mass is 379 g/mol. The molecule has 1 amide bonds. The lowest BCUT2D eigenvalue weighted by Gasteiger charge is -2.30. The minimum absolute atomic E-state index is 0.00342. The second-order valence-corrected chi connectivity index (χ2v) is 8.72. The van der Waals surface area contributed by atoms with E-state index in [1.165, 1.54) is 29.5 Å². The molecule has 1 aliphatic carbocycles. The number of carbonyl (C=O) groups is 1. The first kappa shape index (κ1) is 20.4. The minimum atomic E-state index is -0.504. The third-order valence-corrected chi connectivity index (χ3v) is 5.79. The predicted molar refractivity (Wildman–Crippen MR) is 115 cm³/mol. The molecule has 1 aliphatic rings. The molecule has 0 saturated carbocycles. The van der Waals surface area contributed by atoms with Gasteiger partial charge in [0.05, 0.1) is 0 Å². The number of hydrogen-bond donors (Lipinski definition) is 1. The number of fused-ring (bicyclic) bond motifs is 1. The third-order valence-electron chi connectivity index (χ3n) is 5.79. The van der Waals surface area contributed by atoms with Gasteiger partial charge in [-0.3, -0.25) is 4.79 Å². The Hall–Kier alpha value is -2.29. The van der Waals surface area contributed by atoms with E-state index < -0.39 is 6.10 Å². The van der Waals surface area contributed by atoms with E-state index in [1.807, 2.05) is 25.1 Å². The summed E-state index contributed by atoms with van der Waals surface area (Å²) in [6.07, 6.45) is 4.95. The quantitative estimate of drug-likeness (QED) is 0.717. The summed E-state index contributed by atoms with van der Waals surface area (Å²) >= 11 is 0. The van der Waals surface area contributed by atoms with Crippen LogP contribution < -0.4 is 10.1 Å². The Kier molecular flexibility index (Phi) is 6.43. The summed E-state index contributed by atoms with van der Waals surface area (Å²) in [4.78, 5) is 12.7. The molecule has 0 fully saturated rings. The molecule has 2 aromatic carbocycles. The maximum atomic E-state index is 12.7. The van der Waals surface area contributed by atoms with E-state index in [-0.39, 0.29) is 17.4 Å². The summed E-state index contributed by atoms with van der Waals surface area (Å²) < 4.78 is 6.08. The second-order valence-electron chi connectivity index (χ2n) is 8.72. The second kappa shape index (κ2) is 8.81. The van der Waals surface area contributed by atoms with Crippen molar-refractivity contribution in [3.63, 3.8) is 0 Å². The van der Waals surface area contributed by atoms with Gasteiger partial charge in [-0.1, -0.05) is 56.3 Å². The summed E-state index contributed by atoms with van der Waals surface area (Å²) in [6.45, 7) is 8.36. The van der Waals surface area contributed by atoms with E-state index >= 15 is 0 Å². The lowest BCUT2D eigenvalue weighted by molar-refractivity contribution is -0.128. The van der Waals surface area contributed by atoms with Crippen molar-refractivity contribution in [2.45, 2.75) is 77.4 Å². The fraction of sp³-hybridized carbons (Fsp3) is 0.480. The third kappa shape index (κ3) is 4.95. The molecule has 0 heterocycles. The van der Waals surface area contributed by atoms with Crippen molar-refractivity contribution in [1.29, 1.82) is 0 Å². The summed E-state index contributed by atoms with van der Waals surface area (Å²) in [5.74, 6) is 0.821. The number of rotatable bonds is 7. The van der Waals surface area contributed by atoms with E-state index in [2.05, 4.69) is 56.4 Å². The van der Waals surface area contributed by atoms with Gasteiger partial charge in [0.15, 0.2) is 6.10 Å². The molecule has 3 rings (SSSR count). The van der Waals surface area contributed by atoms with Crippen molar-refractivity contribution in [3.05, 3.63) is 65.2 Å². The highest BCUT2D eigenvalue weighted by Gasteiger charge is 2.26. The van der Waals surface area contributed by atoms with Gasteiger partial charge in [-0.05, 0) is 74.1 Å². The average molecular weight is 380 g/mol. The van der Waals surface area contributed by atoms with Gasteiger partial charge in [0.2, 0.25) is 0 Å². The van der Waals surface area contributed by atoms with Crippen LogP contribution in [0.25, 0.3) is 0 Å². The summed E-state index contributed by atoms with van der Waals surface area (Å²) in [7, 11) is 0. The first-order valence-electron chi connectivity index (χ1n) is 10.5. The highest BCUT2D eigenvalue weighted by Crippen LogP contribution is 2.30. The van der Waals surface area contributed by atoms with Crippen LogP contribution in [0.4, 0.5) is 0 Å². The van der Waals surface area contributed by atoms with Crippen molar-refractivity contribution < 1.29 is 9.53 Å². The molecule has 2 atom stereocenters. The number of benzene rings is 2. The fourth-order valence-corrected chi connectivity index (χ4v) is 4.28. The Labute approximate surface area is 169 Å². The van der Waals surface area contributed by atoms with Gasteiger partial charge in [-0.25, -0.2) is 0 Å². The van der Waals surface area contributed by atoms with E-state index in [0.29, 0.717) is 0 Å². The highest BCUT2D eigenvalue weighted by atomic mass is 16.5. The molecule has 0 aromatic heterocycles. The molecule has 0 aliphatic heterocycles. The van der Waals surface area contributed by atoms with Gasteiger partial charge in [0.1, 0.15) is 5.75 Å². The maximum absolute atomic E-state index is 12.7. The Balaban J connectivity index is 1.58. The molecule has 0 radical (unpaired) electrons. The van der Waals surface area contributed by atoms with Crippen LogP contribution in [0, 0.1) is 0 Å². The summed E-state index contributed by atoms with van der Waals surface area (Å²) in [5, 5.41) is 3.14. The average Bonchev–Trinajstić information content (AvgIpc) is 2.68. The Morgan fingerprint density at radius 3 is 2.50 bits per heavy atom. The van der Waals surface area contributed by atoms with Gasteiger partial charge in [0.25, 0.3) is 5.91 Å². The van der Waals surface area contributed by atoms with Crippen LogP contribution in [0.3, 0.4) is 0 Å². The van der Waals surface area contributed by atoms with E-state index in [4.69, 9.17) is 4.74 Å². The van der Waals surface area contributed by atoms with Gasteiger partial charge >= 0.3 is 0 Å². The van der Waals surface area contributed by atoms with Crippen LogP contribution in [0.5, 0.6) is 5.75 Å². The number of ether oxygens (including phenoxy) is 1. The first-order valence-corrected chi connectivity index (χ1v) is 10.5.